The molecule has 3 rings (SSSR count). The molecule has 0 saturated heterocycles. The summed E-state index contributed by atoms with van der Waals surface area (Å²) < 4.78 is 75.5. The van der Waals surface area contributed by atoms with Gasteiger partial charge in [-0.15, -0.1) is 0 Å². The molecule has 3 aromatic carbocycles. The molecule has 0 atom stereocenters. The summed E-state index contributed by atoms with van der Waals surface area (Å²) in [7, 11) is 0. The number of benzene rings is 3. The molecule has 0 bridgehead atoms. The van der Waals surface area contributed by atoms with Crippen molar-refractivity contribution in [3.63, 3.8) is 0 Å². The van der Waals surface area contributed by atoms with Gasteiger partial charge in [-0.2, -0.15) is 31.6 Å². The smallest absolute Gasteiger partial charge is 0.399 e. The number of halogens is 6. The largest absolute Gasteiger partial charge is 0.417 e. The van der Waals surface area contributed by atoms with Crippen molar-refractivity contribution in [1.29, 1.82) is 5.26 Å². The molecule has 3 aromatic rings. The molecule has 190 valence electrons. The monoisotopic (exact) mass is 533 g/mol. The van der Waals surface area contributed by atoms with Crippen LogP contribution in [0.4, 0.5) is 37.7 Å². The molecule has 0 aliphatic carbocycles. The minimum Gasteiger partial charge on any atom is -0.399 e. The van der Waals surface area contributed by atoms with Crippen LogP contribution in [0.15, 0.2) is 66.7 Å². The zero-order valence-corrected chi connectivity index (χ0v) is 19.6. The zero-order chi connectivity index (χ0) is 27.8. The highest BCUT2D eigenvalue weighted by molar-refractivity contribution is 7.80. The van der Waals surface area contributed by atoms with Crippen LogP contribution < -0.4 is 5.73 Å². The average Bonchev–Trinajstić information content (AvgIpc) is 2.83. The Morgan fingerprint density at radius 1 is 0.946 bits per heavy atom. The lowest BCUT2D eigenvalue weighted by Gasteiger charge is -2.11. The lowest BCUT2D eigenvalue weighted by molar-refractivity contribution is -0.138. The molecule has 0 aromatic heterocycles. The van der Waals surface area contributed by atoms with E-state index < -0.39 is 34.7 Å². The van der Waals surface area contributed by atoms with E-state index in [1.807, 2.05) is 0 Å². The van der Waals surface area contributed by atoms with Crippen molar-refractivity contribution in [2.45, 2.75) is 25.2 Å². The number of anilines is 1. The van der Waals surface area contributed by atoms with E-state index in [9.17, 15) is 31.1 Å². The lowest BCUT2D eigenvalue weighted by Crippen LogP contribution is -2.10. The zero-order valence-electron chi connectivity index (χ0n) is 18.8. The van der Waals surface area contributed by atoms with Crippen LogP contribution in [0.5, 0.6) is 0 Å². The van der Waals surface area contributed by atoms with Crippen molar-refractivity contribution in [2.75, 3.05) is 5.73 Å². The summed E-state index contributed by atoms with van der Waals surface area (Å²) in [4.78, 5) is 15.3. The van der Waals surface area contributed by atoms with E-state index in [1.54, 1.807) is 30.3 Å². The number of nitriles is 1. The molecular formula is C26H17F6N3OS. The number of nitrogens with two attached hydrogens (primary N) is 1. The number of carbonyl (C=O) groups excluding carboxylic acids is 1. The maximum atomic E-state index is 13.0. The van der Waals surface area contributed by atoms with Gasteiger partial charge in [-0.05, 0) is 23.8 Å². The highest BCUT2D eigenvalue weighted by atomic mass is 32.1. The number of Topliss-reactive ketones (excluding diaryl/α,β-unsaturated/α-hetero) is 1. The van der Waals surface area contributed by atoms with Crippen molar-refractivity contribution in [3.8, 4) is 6.07 Å². The van der Waals surface area contributed by atoms with E-state index in [0.717, 1.165) is 24.3 Å². The van der Waals surface area contributed by atoms with Crippen molar-refractivity contribution < 1.29 is 31.1 Å². The quantitative estimate of drug-likeness (QED) is 0.121. The normalized spacial score (nSPS) is 10.9. The Morgan fingerprint density at radius 3 is 2.11 bits per heavy atom. The number of hydrogen-bond acceptors (Lipinski definition) is 4. The molecule has 0 fully saturated rings. The molecule has 0 heterocycles. The van der Waals surface area contributed by atoms with E-state index in [4.69, 9.17) is 29.8 Å². The fourth-order valence-corrected chi connectivity index (χ4v) is 3.40. The van der Waals surface area contributed by atoms with Gasteiger partial charge in [0.15, 0.2) is 11.5 Å². The Labute approximate surface area is 213 Å². The summed E-state index contributed by atoms with van der Waals surface area (Å²) in [6.45, 7) is 6.82. The maximum absolute atomic E-state index is 13.0. The Kier molecular flexibility index (Phi) is 9.53. The van der Waals surface area contributed by atoms with Crippen molar-refractivity contribution >= 4 is 34.2 Å². The Bertz CT molecular complexity index is 1370. The first-order valence-electron chi connectivity index (χ1n) is 10.3. The van der Waals surface area contributed by atoms with Gasteiger partial charge in [0.05, 0.1) is 29.3 Å². The predicted octanol–water partition coefficient (Wildman–Crippen LogP) is 7.60. The van der Waals surface area contributed by atoms with Crippen LogP contribution in [0.1, 0.15) is 39.0 Å². The van der Waals surface area contributed by atoms with E-state index in [1.165, 1.54) is 18.2 Å². The highest BCUT2D eigenvalue weighted by Crippen LogP contribution is 2.37. The standard InChI is InChI=1S/C18H12F3NOS.C8H5F3N2/c1-22-16-8-7-12(10-15(16)18(19,20)21)9-14(24)11-17(23)13-5-3-2-4-6-13;9-8(10,11)7-3-6(13)2-1-5(7)4-12/h2-8,10H,9,11H2;1-3H,13H2. The average molecular weight is 533 g/mol. The third kappa shape index (κ3) is 8.44. The fraction of sp³-hybridized carbons (Fsp3) is 0.154. The second kappa shape index (κ2) is 12.2. The fourth-order valence-electron chi connectivity index (χ4n) is 3.11. The van der Waals surface area contributed by atoms with Crippen molar-refractivity contribution in [1.82, 2.24) is 0 Å². The first-order valence-corrected chi connectivity index (χ1v) is 10.7. The van der Waals surface area contributed by atoms with Crippen LogP contribution in [0.3, 0.4) is 0 Å². The summed E-state index contributed by atoms with van der Waals surface area (Å²) >= 11 is 5.15. The van der Waals surface area contributed by atoms with Crippen LogP contribution in [0, 0.1) is 17.9 Å². The van der Waals surface area contributed by atoms with Gasteiger partial charge in [0.25, 0.3) is 0 Å². The molecule has 0 spiro atoms. The molecule has 0 unspecified atom stereocenters. The number of nitrogens with zero attached hydrogens (tertiary/aromatic N) is 2. The summed E-state index contributed by atoms with van der Waals surface area (Å²) in [6.07, 6.45) is -9.06. The van der Waals surface area contributed by atoms with Gasteiger partial charge in [0, 0.05) is 29.0 Å². The number of rotatable bonds is 5. The third-order valence-electron chi connectivity index (χ3n) is 4.81. The van der Waals surface area contributed by atoms with Crippen molar-refractivity contribution in [3.05, 3.63) is 106 Å². The highest BCUT2D eigenvalue weighted by Gasteiger charge is 2.34. The van der Waals surface area contributed by atoms with Gasteiger partial charge in [-0.1, -0.05) is 60.7 Å². The van der Waals surface area contributed by atoms with Gasteiger partial charge in [0.2, 0.25) is 0 Å². The van der Waals surface area contributed by atoms with Crippen molar-refractivity contribution in [2.24, 2.45) is 0 Å². The molecule has 0 amide bonds. The topological polar surface area (TPSA) is 71.2 Å². The first-order chi connectivity index (χ1) is 17.3. The number of nitrogen functional groups attached to an aromatic ring is 1. The molecule has 0 aliphatic heterocycles. The molecule has 11 heteroatoms. The van der Waals surface area contributed by atoms with Gasteiger partial charge in [0.1, 0.15) is 0 Å². The van der Waals surface area contributed by atoms with E-state index in [-0.39, 0.29) is 24.3 Å². The Balaban J connectivity index is 0.000000312. The number of ketones is 1. The summed E-state index contributed by atoms with van der Waals surface area (Å²) in [5.74, 6) is -0.172. The maximum Gasteiger partial charge on any atom is 0.417 e. The van der Waals surface area contributed by atoms with Gasteiger partial charge in [-0.3, -0.25) is 4.79 Å². The number of carbonyl (C=O) groups is 1. The molecular weight excluding hydrogens is 516 g/mol. The second-order valence-electron chi connectivity index (χ2n) is 7.56. The van der Waals surface area contributed by atoms with Crippen LogP contribution in [0.2, 0.25) is 0 Å². The molecule has 0 radical (unpaired) electrons. The van der Waals surface area contributed by atoms with Gasteiger partial charge >= 0.3 is 12.4 Å². The molecule has 4 nitrogen and oxygen atoms in total. The lowest BCUT2D eigenvalue weighted by atomic mass is 10.0. The molecule has 2 N–H and O–H groups in total. The molecule has 0 aliphatic rings. The van der Waals surface area contributed by atoms with E-state index >= 15 is 0 Å². The van der Waals surface area contributed by atoms with Crippen LogP contribution in [0.25, 0.3) is 4.85 Å². The summed E-state index contributed by atoms with van der Waals surface area (Å²) in [5, 5.41) is 8.38. The SMILES string of the molecule is N#Cc1ccc(N)cc1C(F)(F)F.[C-]#[N+]c1ccc(CC(=S)CC(=O)c2ccccc2)cc1C(F)(F)F. The minimum absolute atomic E-state index is 0.00803. The number of alkyl halides is 6. The second-order valence-corrected chi connectivity index (χ2v) is 8.13. The van der Waals surface area contributed by atoms with Crippen LogP contribution in [-0.4, -0.2) is 10.6 Å². The number of hydrogen-bond donors (Lipinski definition) is 1. The van der Waals surface area contributed by atoms with Gasteiger partial charge < -0.3 is 5.73 Å². The summed E-state index contributed by atoms with van der Waals surface area (Å²) in [5.41, 5.74) is 3.18. The first kappa shape index (κ1) is 29.0. The minimum atomic E-state index is -4.60. The van der Waals surface area contributed by atoms with Crippen LogP contribution in [-0.2, 0) is 18.8 Å². The molecule has 0 saturated carbocycles. The summed E-state index contributed by atoms with van der Waals surface area (Å²) in [6, 6.07) is 16.6. The van der Waals surface area contributed by atoms with Gasteiger partial charge in [-0.25, -0.2) is 4.85 Å². The predicted molar refractivity (Wildman–Crippen MR) is 130 cm³/mol. The third-order valence-corrected chi connectivity index (χ3v) is 5.10. The molecule has 37 heavy (non-hydrogen) atoms. The Hall–Kier alpha value is -4.22. The Morgan fingerprint density at radius 2 is 1.57 bits per heavy atom. The van der Waals surface area contributed by atoms with E-state index in [0.29, 0.717) is 16.0 Å². The van der Waals surface area contributed by atoms with E-state index in [2.05, 4.69) is 4.85 Å². The number of thiocarbonyl (C=S) groups is 1. The van der Waals surface area contributed by atoms with Crippen LogP contribution >= 0.6 is 12.2 Å².